The van der Waals surface area contributed by atoms with Crippen LogP contribution in [0.3, 0.4) is 0 Å². The summed E-state index contributed by atoms with van der Waals surface area (Å²) in [6.45, 7) is 4.32. The molecule has 0 rings (SSSR count). The fourth-order valence-electron chi connectivity index (χ4n) is 2.10. The van der Waals surface area contributed by atoms with E-state index >= 15 is 0 Å². The minimum Gasteiger partial charge on any atom is -0.548 e. The van der Waals surface area contributed by atoms with Gasteiger partial charge >= 0.3 is 29.6 Å². The summed E-state index contributed by atoms with van der Waals surface area (Å²) in [6, 6.07) is 0. The fraction of sp³-hybridized carbons (Fsp3) is 0.722. The van der Waals surface area contributed by atoms with E-state index in [0.29, 0.717) is 0 Å². The van der Waals surface area contributed by atoms with Gasteiger partial charge < -0.3 is 14.8 Å². The van der Waals surface area contributed by atoms with Gasteiger partial charge in [0.2, 0.25) is 0 Å². The van der Waals surface area contributed by atoms with E-state index in [9.17, 15) is 9.90 Å². The Morgan fingerprint density at radius 2 is 1.32 bits per heavy atom. The Labute approximate surface area is 159 Å². The van der Waals surface area contributed by atoms with Crippen molar-refractivity contribution in [3.05, 3.63) is 24.6 Å². The number of carbonyl (C=O) groups is 1. The Kier molecular flexibility index (Phi) is 20.5. The van der Waals surface area contributed by atoms with E-state index in [-0.39, 0.29) is 36.1 Å². The minimum absolute atomic E-state index is 0. The summed E-state index contributed by atoms with van der Waals surface area (Å²) >= 11 is 0. The number of nitrogens with zero attached hydrogens (tertiary/aromatic N) is 1. The molecule has 3 nitrogen and oxygen atoms in total. The summed E-state index contributed by atoms with van der Waals surface area (Å²) in [5.41, 5.74) is 0. The van der Waals surface area contributed by atoms with Crippen LogP contribution in [0.2, 0.25) is 0 Å². The quantitative estimate of drug-likeness (QED) is 0.355. The smallest absolute Gasteiger partial charge is 0.548 e. The molecule has 4 heteroatoms. The van der Waals surface area contributed by atoms with E-state index in [2.05, 4.69) is 26.0 Å². The largest absolute Gasteiger partial charge is 1.00 e. The first kappa shape index (κ1) is 24.0. The van der Waals surface area contributed by atoms with Crippen molar-refractivity contribution in [3.8, 4) is 0 Å². The van der Waals surface area contributed by atoms with Gasteiger partial charge in [0.1, 0.15) is 0 Å². The van der Waals surface area contributed by atoms with Crippen LogP contribution in [-0.4, -0.2) is 17.4 Å². The molecule has 0 unspecified atom stereocenters. The summed E-state index contributed by atoms with van der Waals surface area (Å²) in [7, 11) is 0. The van der Waals surface area contributed by atoms with E-state index in [1.54, 1.807) is 4.90 Å². The Bertz CT molecular complexity index is 281. The Balaban J connectivity index is 0. The predicted molar refractivity (Wildman–Crippen MR) is 87.5 cm³/mol. The normalized spacial score (nSPS) is 11.0. The van der Waals surface area contributed by atoms with Crippen molar-refractivity contribution in [2.45, 2.75) is 78.1 Å². The van der Waals surface area contributed by atoms with Crippen LogP contribution in [0.5, 0.6) is 0 Å². The summed E-state index contributed by atoms with van der Waals surface area (Å²) in [6.07, 6.45) is 19.7. The van der Waals surface area contributed by atoms with Gasteiger partial charge in [0.25, 0.3) is 0 Å². The molecule has 0 amide bonds. The molecule has 0 aromatic rings. The van der Waals surface area contributed by atoms with E-state index in [1.165, 1.54) is 51.4 Å². The molecule has 0 atom stereocenters. The van der Waals surface area contributed by atoms with Gasteiger partial charge in [-0.05, 0) is 38.1 Å². The second-order valence-electron chi connectivity index (χ2n) is 5.51. The second-order valence-corrected chi connectivity index (χ2v) is 5.51. The standard InChI is InChI=1S/C18H33NO2.Na/c1-3-5-7-9-11-13-15-19(17-18(20)21)16-14-12-10-8-6-4-2;/h13-16H,3-12,17H2,1-2H3,(H,20,21);/q;+1/p-1/b15-13+,16-14+;. The zero-order chi connectivity index (χ0) is 15.8. The zero-order valence-corrected chi connectivity index (χ0v) is 16.9. The van der Waals surface area contributed by atoms with Crippen LogP contribution < -0.4 is 34.7 Å². The third-order valence-corrected chi connectivity index (χ3v) is 3.35. The molecule has 0 saturated carbocycles. The van der Waals surface area contributed by atoms with Crippen LogP contribution in [0, 0.1) is 0 Å². The molecule has 122 valence electrons. The summed E-state index contributed by atoms with van der Waals surface area (Å²) in [5, 5.41) is 10.7. The SMILES string of the molecule is CCCCCC/C=C/N(/C=C/CCCCCC)CC(=O)[O-].[Na+]. The fourth-order valence-corrected chi connectivity index (χ4v) is 2.10. The summed E-state index contributed by atoms with van der Waals surface area (Å²) in [4.78, 5) is 12.4. The van der Waals surface area contributed by atoms with Crippen LogP contribution in [0.1, 0.15) is 78.1 Å². The molecular formula is C18H32NNaO2. The molecule has 0 radical (unpaired) electrons. The van der Waals surface area contributed by atoms with E-state index < -0.39 is 5.97 Å². The van der Waals surface area contributed by atoms with Crippen molar-refractivity contribution in [2.75, 3.05) is 6.54 Å². The van der Waals surface area contributed by atoms with Crippen molar-refractivity contribution in [2.24, 2.45) is 0 Å². The molecule has 0 fully saturated rings. The van der Waals surface area contributed by atoms with Crippen molar-refractivity contribution in [3.63, 3.8) is 0 Å². The topological polar surface area (TPSA) is 43.4 Å². The Morgan fingerprint density at radius 1 is 0.864 bits per heavy atom. The first-order valence-electron chi connectivity index (χ1n) is 8.49. The second kappa shape index (κ2) is 18.8. The van der Waals surface area contributed by atoms with Gasteiger partial charge in [-0.25, -0.2) is 0 Å². The molecule has 0 aromatic heterocycles. The third-order valence-electron chi connectivity index (χ3n) is 3.35. The Morgan fingerprint density at radius 3 is 1.68 bits per heavy atom. The number of aliphatic carboxylic acids is 1. The van der Waals surface area contributed by atoms with Gasteiger partial charge in [0.05, 0.1) is 12.5 Å². The molecule has 0 aliphatic rings. The zero-order valence-electron chi connectivity index (χ0n) is 14.9. The molecule has 0 aliphatic carbocycles. The van der Waals surface area contributed by atoms with Crippen LogP contribution in [0.25, 0.3) is 0 Å². The van der Waals surface area contributed by atoms with Crippen molar-refractivity contribution >= 4 is 5.97 Å². The molecule has 0 aliphatic heterocycles. The monoisotopic (exact) mass is 317 g/mol. The Hall–Kier alpha value is -0.250. The number of hydrogen-bond donors (Lipinski definition) is 0. The van der Waals surface area contributed by atoms with Gasteiger partial charge in [-0.2, -0.15) is 0 Å². The first-order valence-corrected chi connectivity index (χ1v) is 8.49. The number of carboxylic acids is 1. The van der Waals surface area contributed by atoms with Gasteiger partial charge in [0, 0.05) is 0 Å². The maximum absolute atomic E-state index is 10.7. The van der Waals surface area contributed by atoms with Crippen molar-refractivity contribution in [1.82, 2.24) is 4.90 Å². The van der Waals surface area contributed by atoms with E-state index in [4.69, 9.17) is 0 Å². The minimum atomic E-state index is -1.04. The predicted octanol–water partition coefficient (Wildman–Crippen LogP) is 1.01. The van der Waals surface area contributed by atoms with Crippen LogP contribution in [0.15, 0.2) is 24.6 Å². The number of rotatable bonds is 14. The molecular weight excluding hydrogens is 285 g/mol. The number of carboxylic acid groups (broad SMARTS) is 1. The van der Waals surface area contributed by atoms with E-state index in [1.807, 2.05) is 12.4 Å². The molecule has 22 heavy (non-hydrogen) atoms. The first-order chi connectivity index (χ1) is 10.2. The molecule has 0 aromatic carbocycles. The van der Waals surface area contributed by atoms with Crippen LogP contribution in [-0.2, 0) is 4.79 Å². The van der Waals surface area contributed by atoms with Crippen molar-refractivity contribution < 1.29 is 39.5 Å². The molecule has 0 spiro atoms. The van der Waals surface area contributed by atoms with E-state index in [0.717, 1.165) is 12.8 Å². The maximum Gasteiger partial charge on any atom is 1.00 e. The van der Waals surface area contributed by atoms with Gasteiger partial charge in [-0.1, -0.05) is 64.5 Å². The van der Waals surface area contributed by atoms with Crippen LogP contribution >= 0.6 is 0 Å². The molecule has 0 saturated heterocycles. The van der Waals surface area contributed by atoms with Gasteiger partial charge in [-0.3, -0.25) is 0 Å². The average Bonchev–Trinajstić information content (AvgIpc) is 2.45. The van der Waals surface area contributed by atoms with Crippen LogP contribution in [0.4, 0.5) is 0 Å². The molecule has 0 bridgehead atoms. The number of hydrogen-bond acceptors (Lipinski definition) is 3. The molecule has 0 N–H and O–H groups in total. The van der Waals surface area contributed by atoms with Crippen molar-refractivity contribution in [1.29, 1.82) is 0 Å². The van der Waals surface area contributed by atoms with Gasteiger partial charge in [0.15, 0.2) is 0 Å². The number of carbonyl (C=O) groups excluding carboxylic acids is 1. The summed E-state index contributed by atoms with van der Waals surface area (Å²) in [5.74, 6) is -1.04. The average molecular weight is 317 g/mol. The molecule has 0 heterocycles. The number of allylic oxidation sites excluding steroid dienone is 2. The third kappa shape index (κ3) is 17.8. The number of unbranched alkanes of at least 4 members (excludes halogenated alkanes) is 8. The van der Waals surface area contributed by atoms with Gasteiger partial charge in [-0.15, -0.1) is 0 Å². The maximum atomic E-state index is 10.7. The summed E-state index contributed by atoms with van der Waals surface area (Å²) < 4.78 is 0.